The molecule has 0 unspecified atom stereocenters. The van der Waals surface area contributed by atoms with Crippen molar-refractivity contribution < 1.29 is 9.90 Å². The van der Waals surface area contributed by atoms with Crippen LogP contribution >= 0.6 is 11.6 Å². The number of hydrogen-bond acceptors (Lipinski definition) is 3. The lowest BCUT2D eigenvalue weighted by atomic mass is 10.1. The van der Waals surface area contributed by atoms with Gasteiger partial charge >= 0.3 is 5.97 Å². The zero-order valence-corrected chi connectivity index (χ0v) is 12.8. The number of benzene rings is 1. The van der Waals surface area contributed by atoms with Gasteiger partial charge in [-0.25, -0.2) is 4.79 Å². The highest BCUT2D eigenvalue weighted by atomic mass is 35.5. The summed E-state index contributed by atoms with van der Waals surface area (Å²) in [7, 11) is 0. The van der Waals surface area contributed by atoms with E-state index in [0.717, 1.165) is 31.6 Å². The molecular formula is C16H19ClN2O2. The maximum Gasteiger partial charge on any atom is 0.346 e. The van der Waals surface area contributed by atoms with Crippen molar-refractivity contribution in [2.45, 2.75) is 19.8 Å². The molecule has 0 bridgehead atoms. The van der Waals surface area contributed by atoms with Gasteiger partial charge in [0.05, 0.1) is 0 Å². The molecule has 0 aliphatic rings. The number of rotatable bonds is 8. The number of halogens is 1. The maximum absolute atomic E-state index is 10.8. The van der Waals surface area contributed by atoms with E-state index >= 15 is 0 Å². The van der Waals surface area contributed by atoms with Crippen LogP contribution in [-0.2, 0) is 4.79 Å². The Balaban J connectivity index is 2.89. The number of carbonyl (C=O) groups is 1. The molecule has 112 valence electrons. The van der Waals surface area contributed by atoms with Crippen LogP contribution in [0.4, 0.5) is 5.69 Å². The molecule has 1 N–H and O–H groups in total. The Morgan fingerprint density at radius 1 is 1.38 bits per heavy atom. The molecule has 0 saturated heterocycles. The van der Waals surface area contributed by atoms with Gasteiger partial charge < -0.3 is 10.0 Å². The molecule has 0 fully saturated rings. The molecule has 0 atom stereocenters. The lowest BCUT2D eigenvalue weighted by Crippen LogP contribution is -2.26. The van der Waals surface area contributed by atoms with Crippen LogP contribution in [0.1, 0.15) is 25.3 Å². The van der Waals surface area contributed by atoms with E-state index in [0.29, 0.717) is 11.4 Å². The average Bonchev–Trinajstić information content (AvgIpc) is 2.49. The largest absolute Gasteiger partial charge is 0.477 e. The Labute approximate surface area is 130 Å². The molecule has 4 nitrogen and oxygen atoms in total. The number of anilines is 1. The van der Waals surface area contributed by atoms with Crippen molar-refractivity contribution in [3.05, 3.63) is 35.4 Å². The fourth-order valence-electron chi connectivity index (χ4n) is 1.91. The first-order chi connectivity index (χ1) is 10.1. The molecule has 0 spiro atoms. The van der Waals surface area contributed by atoms with Crippen LogP contribution in [0, 0.1) is 11.3 Å². The van der Waals surface area contributed by atoms with Gasteiger partial charge in [0.25, 0.3) is 0 Å². The minimum atomic E-state index is -1.21. The van der Waals surface area contributed by atoms with Crippen molar-refractivity contribution >= 4 is 29.3 Å². The second-order valence-electron chi connectivity index (χ2n) is 4.60. The summed E-state index contributed by atoms with van der Waals surface area (Å²) in [6.07, 6.45) is 3.57. The third-order valence-corrected chi connectivity index (χ3v) is 3.23. The van der Waals surface area contributed by atoms with Crippen molar-refractivity contribution in [3.63, 3.8) is 0 Å². The number of nitrogens with zero attached hydrogens (tertiary/aromatic N) is 2. The summed E-state index contributed by atoms with van der Waals surface area (Å²) in [6.45, 7) is 3.86. The summed E-state index contributed by atoms with van der Waals surface area (Å²) in [5.74, 6) is -0.656. The van der Waals surface area contributed by atoms with Crippen molar-refractivity contribution in [3.8, 4) is 6.07 Å². The highest BCUT2D eigenvalue weighted by Gasteiger charge is 2.07. The average molecular weight is 307 g/mol. The molecule has 0 aromatic heterocycles. The van der Waals surface area contributed by atoms with Crippen LogP contribution in [0.3, 0.4) is 0 Å². The fourth-order valence-corrected chi connectivity index (χ4v) is 2.11. The van der Waals surface area contributed by atoms with E-state index < -0.39 is 5.97 Å². The number of carboxylic acids is 1. The molecule has 5 heteroatoms. The van der Waals surface area contributed by atoms with E-state index in [-0.39, 0.29) is 5.57 Å². The number of unbranched alkanes of at least 4 members (excludes halogenated alkanes) is 1. The van der Waals surface area contributed by atoms with Crippen LogP contribution in [0.15, 0.2) is 29.8 Å². The lowest BCUT2D eigenvalue weighted by Gasteiger charge is -2.23. The van der Waals surface area contributed by atoms with Crippen LogP contribution in [0.2, 0.25) is 0 Å². The summed E-state index contributed by atoms with van der Waals surface area (Å²) in [6, 6.07) is 9.13. The second kappa shape index (κ2) is 9.04. The Bertz CT molecular complexity index is 532. The third kappa shape index (κ3) is 5.49. The number of hydrogen-bond donors (Lipinski definition) is 1. The third-order valence-electron chi connectivity index (χ3n) is 3.06. The SMILES string of the molecule is CCCCN(CCCl)c1ccc(C=C(C#N)C(=O)O)cc1. The first-order valence-corrected chi connectivity index (χ1v) is 7.42. The van der Waals surface area contributed by atoms with Gasteiger partial charge in [0.15, 0.2) is 0 Å². The van der Waals surface area contributed by atoms with Crippen LogP contribution in [-0.4, -0.2) is 30.0 Å². The topological polar surface area (TPSA) is 64.3 Å². The monoisotopic (exact) mass is 306 g/mol. The van der Waals surface area contributed by atoms with E-state index in [4.69, 9.17) is 22.0 Å². The van der Waals surface area contributed by atoms with E-state index in [1.165, 1.54) is 6.08 Å². The zero-order valence-electron chi connectivity index (χ0n) is 12.1. The summed E-state index contributed by atoms with van der Waals surface area (Å²) < 4.78 is 0. The van der Waals surface area contributed by atoms with Gasteiger partial charge in [-0.2, -0.15) is 5.26 Å². The summed E-state index contributed by atoms with van der Waals surface area (Å²) >= 11 is 5.83. The molecule has 21 heavy (non-hydrogen) atoms. The van der Waals surface area contributed by atoms with E-state index in [1.54, 1.807) is 6.07 Å². The summed E-state index contributed by atoms with van der Waals surface area (Å²) in [5, 5.41) is 17.6. The highest BCUT2D eigenvalue weighted by molar-refractivity contribution is 6.18. The molecule has 1 aromatic carbocycles. The van der Waals surface area contributed by atoms with Crippen LogP contribution < -0.4 is 4.90 Å². The summed E-state index contributed by atoms with van der Waals surface area (Å²) in [5.41, 5.74) is 1.47. The van der Waals surface area contributed by atoms with Gasteiger partial charge in [0.1, 0.15) is 11.6 Å². The van der Waals surface area contributed by atoms with Crippen molar-refractivity contribution in [2.24, 2.45) is 0 Å². The molecular weight excluding hydrogens is 288 g/mol. The molecule has 0 aliphatic heterocycles. The molecule has 0 saturated carbocycles. The van der Waals surface area contributed by atoms with Gasteiger partial charge in [-0.1, -0.05) is 25.5 Å². The summed E-state index contributed by atoms with van der Waals surface area (Å²) in [4.78, 5) is 13.0. The van der Waals surface area contributed by atoms with Gasteiger partial charge in [0.2, 0.25) is 0 Å². The Morgan fingerprint density at radius 2 is 2.05 bits per heavy atom. The molecule has 0 aliphatic carbocycles. The molecule has 1 rings (SSSR count). The second-order valence-corrected chi connectivity index (χ2v) is 4.97. The predicted octanol–water partition coefficient (Wildman–Crippen LogP) is 3.52. The molecule has 0 amide bonds. The van der Waals surface area contributed by atoms with Gasteiger partial charge in [0, 0.05) is 24.7 Å². The fraction of sp³-hybridized carbons (Fsp3) is 0.375. The van der Waals surface area contributed by atoms with Gasteiger partial charge in [-0.05, 0) is 30.2 Å². The number of alkyl halides is 1. The van der Waals surface area contributed by atoms with E-state index in [2.05, 4.69) is 11.8 Å². The van der Waals surface area contributed by atoms with Crippen molar-refractivity contribution in [2.75, 3.05) is 23.9 Å². The normalized spacial score (nSPS) is 11.0. The quantitative estimate of drug-likeness (QED) is 0.453. The molecule has 0 radical (unpaired) electrons. The van der Waals surface area contributed by atoms with Gasteiger partial charge in [-0.3, -0.25) is 0 Å². The first-order valence-electron chi connectivity index (χ1n) is 6.88. The van der Waals surface area contributed by atoms with E-state index in [1.807, 2.05) is 24.3 Å². The number of aliphatic carboxylic acids is 1. The standard InChI is InChI=1S/C16H19ClN2O2/c1-2-3-9-19(10-8-17)15-6-4-13(5-7-15)11-14(12-18)16(20)21/h4-7,11H,2-3,8-10H2,1H3,(H,20,21). The minimum Gasteiger partial charge on any atom is -0.477 e. The maximum atomic E-state index is 10.8. The Kier molecular flexibility index (Phi) is 7.34. The van der Waals surface area contributed by atoms with E-state index in [9.17, 15) is 4.79 Å². The highest BCUT2D eigenvalue weighted by Crippen LogP contribution is 2.18. The van der Waals surface area contributed by atoms with Crippen LogP contribution in [0.25, 0.3) is 6.08 Å². The molecule has 1 aromatic rings. The van der Waals surface area contributed by atoms with Crippen molar-refractivity contribution in [1.29, 1.82) is 5.26 Å². The smallest absolute Gasteiger partial charge is 0.346 e. The molecule has 0 heterocycles. The number of nitriles is 1. The Morgan fingerprint density at radius 3 is 2.52 bits per heavy atom. The number of carboxylic acid groups (broad SMARTS) is 1. The van der Waals surface area contributed by atoms with Gasteiger partial charge in [-0.15, -0.1) is 11.6 Å². The Hall–Kier alpha value is -1.99. The lowest BCUT2D eigenvalue weighted by molar-refractivity contribution is -0.132. The zero-order chi connectivity index (χ0) is 15.7. The first kappa shape index (κ1) is 17.1. The minimum absolute atomic E-state index is 0.272. The van der Waals surface area contributed by atoms with Crippen LogP contribution in [0.5, 0.6) is 0 Å². The predicted molar refractivity (Wildman–Crippen MR) is 85.5 cm³/mol. The van der Waals surface area contributed by atoms with Crippen molar-refractivity contribution in [1.82, 2.24) is 0 Å².